The fraction of sp³-hybridized carbons (Fsp3) is 0.316. The maximum Gasteiger partial charge on any atom is 0.262 e. The van der Waals surface area contributed by atoms with Crippen molar-refractivity contribution < 1.29 is 14.3 Å². The number of hydrogen-bond acceptors (Lipinski definition) is 4. The third kappa shape index (κ3) is 4.81. The van der Waals surface area contributed by atoms with E-state index in [4.69, 9.17) is 32.7 Å². The van der Waals surface area contributed by atoms with Gasteiger partial charge in [-0.3, -0.25) is 4.79 Å². The number of nitrogens with one attached hydrogen (secondary N) is 1. The molecule has 0 atom stereocenters. The highest BCUT2D eigenvalue weighted by Gasteiger charge is 2.15. The normalized spacial score (nSPS) is 14.2. The van der Waals surface area contributed by atoms with E-state index >= 15 is 0 Å². The molecule has 138 valence electrons. The van der Waals surface area contributed by atoms with Crippen LogP contribution >= 0.6 is 23.2 Å². The SMILES string of the molecule is Cc1cc(OCC(=O)Nc2ccc(N3CCOCC3)c(Cl)c2)ccc1Cl. The smallest absolute Gasteiger partial charge is 0.262 e. The molecular weight excluding hydrogens is 375 g/mol. The molecule has 3 rings (SSSR count). The van der Waals surface area contributed by atoms with Gasteiger partial charge in [-0.05, 0) is 48.9 Å². The number of carbonyl (C=O) groups excluding carboxylic acids is 1. The number of nitrogens with zero attached hydrogens (tertiary/aromatic N) is 1. The molecule has 1 aliphatic rings. The van der Waals surface area contributed by atoms with Crippen molar-refractivity contribution in [3.63, 3.8) is 0 Å². The maximum absolute atomic E-state index is 12.1. The lowest BCUT2D eigenvalue weighted by molar-refractivity contribution is -0.118. The van der Waals surface area contributed by atoms with Crippen molar-refractivity contribution in [1.82, 2.24) is 0 Å². The molecule has 0 aromatic heterocycles. The molecule has 1 N–H and O–H groups in total. The number of rotatable bonds is 5. The van der Waals surface area contributed by atoms with Gasteiger partial charge in [0.1, 0.15) is 5.75 Å². The first-order chi connectivity index (χ1) is 12.5. The van der Waals surface area contributed by atoms with Crippen LogP contribution in [0.3, 0.4) is 0 Å². The number of anilines is 2. The predicted molar refractivity (Wildman–Crippen MR) is 105 cm³/mol. The van der Waals surface area contributed by atoms with Crippen molar-refractivity contribution in [2.75, 3.05) is 43.1 Å². The van der Waals surface area contributed by atoms with Crippen molar-refractivity contribution in [2.45, 2.75) is 6.92 Å². The van der Waals surface area contributed by atoms with E-state index in [0.717, 1.165) is 24.3 Å². The first-order valence-corrected chi connectivity index (χ1v) is 9.09. The van der Waals surface area contributed by atoms with E-state index in [2.05, 4.69) is 10.2 Å². The van der Waals surface area contributed by atoms with Crippen LogP contribution in [0.5, 0.6) is 5.75 Å². The van der Waals surface area contributed by atoms with Crippen LogP contribution in [0, 0.1) is 6.92 Å². The summed E-state index contributed by atoms with van der Waals surface area (Å²) >= 11 is 12.4. The summed E-state index contributed by atoms with van der Waals surface area (Å²) < 4.78 is 10.9. The van der Waals surface area contributed by atoms with E-state index in [1.54, 1.807) is 24.3 Å². The summed E-state index contributed by atoms with van der Waals surface area (Å²) in [5, 5.41) is 4.05. The molecule has 5 nitrogen and oxygen atoms in total. The molecule has 0 saturated carbocycles. The molecule has 1 saturated heterocycles. The Labute approximate surface area is 162 Å². The number of morpholine rings is 1. The number of benzene rings is 2. The van der Waals surface area contributed by atoms with Crippen molar-refractivity contribution in [3.05, 3.63) is 52.0 Å². The zero-order chi connectivity index (χ0) is 18.5. The van der Waals surface area contributed by atoms with Crippen LogP contribution in [-0.2, 0) is 9.53 Å². The molecule has 2 aromatic carbocycles. The minimum absolute atomic E-state index is 0.0933. The lowest BCUT2D eigenvalue weighted by Gasteiger charge is -2.29. The summed E-state index contributed by atoms with van der Waals surface area (Å²) in [7, 11) is 0. The fourth-order valence-corrected chi connectivity index (χ4v) is 3.12. The Balaban J connectivity index is 1.56. The summed E-state index contributed by atoms with van der Waals surface area (Å²) in [6.07, 6.45) is 0. The molecule has 1 amide bonds. The number of hydrogen-bond donors (Lipinski definition) is 1. The average molecular weight is 395 g/mol. The lowest BCUT2D eigenvalue weighted by Crippen LogP contribution is -2.36. The van der Waals surface area contributed by atoms with Gasteiger partial charge in [-0.2, -0.15) is 0 Å². The van der Waals surface area contributed by atoms with Gasteiger partial charge in [0.25, 0.3) is 5.91 Å². The minimum atomic E-state index is -0.257. The van der Waals surface area contributed by atoms with Gasteiger partial charge in [0.2, 0.25) is 0 Å². The topological polar surface area (TPSA) is 50.8 Å². The fourth-order valence-electron chi connectivity index (χ4n) is 2.70. The maximum atomic E-state index is 12.1. The van der Waals surface area contributed by atoms with Crippen LogP contribution in [0.4, 0.5) is 11.4 Å². The number of carbonyl (C=O) groups is 1. The van der Waals surface area contributed by atoms with E-state index in [9.17, 15) is 4.79 Å². The van der Waals surface area contributed by atoms with Crippen LogP contribution in [-0.4, -0.2) is 38.8 Å². The summed E-state index contributed by atoms with van der Waals surface area (Å²) in [6.45, 7) is 4.78. The Morgan fingerprint density at radius 2 is 1.92 bits per heavy atom. The second-order valence-corrected chi connectivity index (χ2v) is 6.83. The van der Waals surface area contributed by atoms with E-state index in [1.807, 2.05) is 19.1 Å². The summed E-state index contributed by atoms with van der Waals surface area (Å²) in [5.41, 5.74) is 2.48. The minimum Gasteiger partial charge on any atom is -0.484 e. The molecule has 7 heteroatoms. The molecule has 1 aliphatic heterocycles. The van der Waals surface area contributed by atoms with Crippen LogP contribution in [0.2, 0.25) is 10.0 Å². The quantitative estimate of drug-likeness (QED) is 0.826. The molecule has 1 fully saturated rings. The third-order valence-electron chi connectivity index (χ3n) is 4.08. The number of amides is 1. The van der Waals surface area contributed by atoms with Crippen LogP contribution in [0.1, 0.15) is 5.56 Å². The van der Waals surface area contributed by atoms with E-state index in [-0.39, 0.29) is 12.5 Å². The van der Waals surface area contributed by atoms with Crippen molar-refractivity contribution in [1.29, 1.82) is 0 Å². The summed E-state index contributed by atoms with van der Waals surface area (Å²) in [4.78, 5) is 14.3. The van der Waals surface area contributed by atoms with Gasteiger partial charge in [0.15, 0.2) is 6.61 Å². The zero-order valence-electron chi connectivity index (χ0n) is 14.4. The molecule has 0 unspecified atom stereocenters. The van der Waals surface area contributed by atoms with Crippen molar-refractivity contribution in [2.24, 2.45) is 0 Å². The Morgan fingerprint density at radius 3 is 2.62 bits per heavy atom. The predicted octanol–water partition coefficient (Wildman–Crippen LogP) is 4.16. The summed E-state index contributed by atoms with van der Waals surface area (Å²) in [6, 6.07) is 10.8. The highest BCUT2D eigenvalue weighted by Crippen LogP contribution is 2.29. The third-order valence-corrected chi connectivity index (χ3v) is 4.81. The molecule has 26 heavy (non-hydrogen) atoms. The molecule has 1 heterocycles. The average Bonchev–Trinajstić information content (AvgIpc) is 2.63. The number of aryl methyl sites for hydroxylation is 1. The molecular formula is C19H20Cl2N2O3. The standard InChI is InChI=1S/C19H20Cl2N2O3/c1-13-10-15(3-4-16(13)20)26-12-19(24)22-14-2-5-18(17(21)11-14)23-6-8-25-9-7-23/h2-5,10-11H,6-9,12H2,1H3,(H,22,24). The molecule has 0 radical (unpaired) electrons. The second kappa shape index (κ2) is 8.62. The number of ether oxygens (including phenoxy) is 2. The van der Waals surface area contributed by atoms with Gasteiger partial charge in [0.05, 0.1) is 23.9 Å². The largest absolute Gasteiger partial charge is 0.484 e. The highest BCUT2D eigenvalue weighted by molar-refractivity contribution is 6.33. The van der Waals surface area contributed by atoms with Crippen LogP contribution in [0.25, 0.3) is 0 Å². The Bertz CT molecular complexity index is 792. The first kappa shape index (κ1) is 18.8. The molecule has 0 spiro atoms. The Hall–Kier alpha value is -1.95. The number of halogens is 2. The van der Waals surface area contributed by atoms with Gasteiger partial charge in [-0.1, -0.05) is 23.2 Å². The van der Waals surface area contributed by atoms with Crippen LogP contribution < -0.4 is 15.0 Å². The first-order valence-electron chi connectivity index (χ1n) is 8.34. The van der Waals surface area contributed by atoms with E-state index < -0.39 is 0 Å². The molecule has 0 bridgehead atoms. The van der Waals surface area contributed by atoms with Gasteiger partial charge >= 0.3 is 0 Å². The zero-order valence-corrected chi connectivity index (χ0v) is 15.9. The van der Waals surface area contributed by atoms with Crippen molar-refractivity contribution >= 4 is 40.5 Å². The molecule has 0 aliphatic carbocycles. The van der Waals surface area contributed by atoms with E-state index in [1.165, 1.54) is 0 Å². The second-order valence-electron chi connectivity index (χ2n) is 6.01. The summed E-state index contributed by atoms with van der Waals surface area (Å²) in [5.74, 6) is 0.343. The van der Waals surface area contributed by atoms with Gasteiger partial charge in [-0.15, -0.1) is 0 Å². The lowest BCUT2D eigenvalue weighted by atomic mass is 10.2. The van der Waals surface area contributed by atoms with Crippen LogP contribution in [0.15, 0.2) is 36.4 Å². The van der Waals surface area contributed by atoms with E-state index in [0.29, 0.717) is 34.7 Å². The Kier molecular flexibility index (Phi) is 6.25. The monoisotopic (exact) mass is 394 g/mol. The van der Waals surface area contributed by atoms with Crippen molar-refractivity contribution in [3.8, 4) is 5.75 Å². The van der Waals surface area contributed by atoms with Gasteiger partial charge in [-0.25, -0.2) is 0 Å². The Morgan fingerprint density at radius 1 is 1.15 bits per heavy atom. The van der Waals surface area contributed by atoms with Gasteiger partial charge < -0.3 is 19.7 Å². The van der Waals surface area contributed by atoms with Gasteiger partial charge in [0, 0.05) is 23.8 Å². The molecule has 2 aromatic rings. The highest BCUT2D eigenvalue weighted by atomic mass is 35.5.